The maximum Gasteiger partial charge on any atom is 3.00 e. The molecule has 0 fully saturated rings. The molecule has 3 aromatic heterocycles. The third-order valence-electron chi connectivity index (χ3n) is 4.71. The predicted octanol–water partition coefficient (Wildman–Crippen LogP) is 4.56. The Labute approximate surface area is 202 Å². The summed E-state index contributed by atoms with van der Waals surface area (Å²) in [5.74, 6) is -0.295. The van der Waals surface area contributed by atoms with Crippen LogP contribution >= 0.6 is 0 Å². The number of hydrogen-bond donors (Lipinski definition) is 0. The first-order valence-electron chi connectivity index (χ1n) is 10.1. The number of carbonyl (C=O) groups is 1. The van der Waals surface area contributed by atoms with Crippen molar-refractivity contribution >= 4 is 16.8 Å². The number of rotatable bonds is 8. The van der Waals surface area contributed by atoms with Crippen LogP contribution in [-0.4, -0.2) is 38.8 Å². The van der Waals surface area contributed by atoms with E-state index in [4.69, 9.17) is 10.5 Å². The van der Waals surface area contributed by atoms with E-state index in [0.29, 0.717) is 31.9 Å². The van der Waals surface area contributed by atoms with Crippen molar-refractivity contribution < 1.29 is 21.9 Å². The van der Waals surface area contributed by atoms with Crippen molar-refractivity contribution in [2.45, 2.75) is 13.1 Å². The third kappa shape index (κ3) is 7.84. The normalized spacial score (nSPS) is 10.1. The van der Waals surface area contributed by atoms with Crippen LogP contribution in [0.2, 0.25) is 0 Å². The van der Waals surface area contributed by atoms with Gasteiger partial charge < -0.3 is 20.6 Å². The molecule has 0 N–H and O–H groups in total. The molecule has 4 aromatic rings. The van der Waals surface area contributed by atoms with E-state index < -0.39 is 0 Å². The van der Waals surface area contributed by atoms with Crippen LogP contribution in [0.3, 0.4) is 0 Å². The van der Waals surface area contributed by atoms with Gasteiger partial charge in [-0.25, -0.2) is 4.98 Å². The number of nitroso groups, excluding NO2 is 1. The second-order valence-electron chi connectivity index (χ2n) is 6.93. The molecule has 4 rings (SSSR count). The van der Waals surface area contributed by atoms with Crippen LogP contribution < -0.4 is 0 Å². The molecule has 0 atom stereocenters. The number of benzene rings is 1. The summed E-state index contributed by atoms with van der Waals surface area (Å²) in [7, 11) is 0. The first-order chi connectivity index (χ1) is 15.8. The summed E-state index contributed by atoms with van der Waals surface area (Å²) in [6.07, 6.45) is 3.57. The maximum atomic E-state index is 12.5. The fourth-order valence-corrected chi connectivity index (χ4v) is 3.21. The topological polar surface area (TPSA) is 112 Å². The van der Waals surface area contributed by atoms with Crippen LogP contribution in [0.5, 0.6) is 0 Å². The van der Waals surface area contributed by atoms with Gasteiger partial charge >= 0.3 is 17.1 Å². The van der Waals surface area contributed by atoms with E-state index in [9.17, 15) is 4.79 Å². The van der Waals surface area contributed by atoms with Gasteiger partial charge in [-0.15, -0.1) is 6.54 Å². The van der Waals surface area contributed by atoms with Gasteiger partial charge in [-0.05, 0) is 42.9 Å². The molecule has 0 unspecified atom stereocenters. The Morgan fingerprint density at radius 2 is 1.42 bits per heavy atom. The fourth-order valence-electron chi connectivity index (χ4n) is 3.21. The average Bonchev–Trinajstić information content (AvgIpc) is 2.86. The van der Waals surface area contributed by atoms with Gasteiger partial charge in [-0.2, -0.15) is 0 Å². The van der Waals surface area contributed by atoms with Gasteiger partial charge in [0.1, 0.15) is 5.91 Å². The molecule has 0 spiro atoms. The Hall–Kier alpha value is -3.52. The summed E-state index contributed by atoms with van der Waals surface area (Å²) in [6.45, 7) is 2.32. The zero-order chi connectivity index (χ0) is 22.6. The number of hydrogen-bond acceptors (Lipinski definition) is 6. The fraction of sp³-hybridized carbons (Fsp3) is 0.167. The minimum Gasteiger partial charge on any atom is -0.647 e. The van der Waals surface area contributed by atoms with Crippen molar-refractivity contribution in [1.82, 2.24) is 19.9 Å². The Morgan fingerprint density at radius 3 is 2.03 bits per heavy atom. The van der Waals surface area contributed by atoms with E-state index in [-0.39, 0.29) is 23.0 Å². The second-order valence-corrected chi connectivity index (χ2v) is 6.93. The number of para-hydroxylation sites is 1. The third-order valence-corrected chi connectivity index (χ3v) is 4.71. The quantitative estimate of drug-likeness (QED) is 0.341. The number of pyridine rings is 3. The molecule has 0 radical (unpaired) electrons. The van der Waals surface area contributed by atoms with Crippen molar-refractivity contribution in [3.05, 3.63) is 118 Å². The Balaban J connectivity index is 0.00000125. The molecule has 0 aliphatic carbocycles. The smallest absolute Gasteiger partial charge is 0.647 e. The molecular weight excluding hydrogens is 459 g/mol. The number of aromatic nitrogens is 3. The van der Waals surface area contributed by atoms with Crippen molar-refractivity contribution in [2.24, 2.45) is 0 Å². The van der Waals surface area contributed by atoms with Crippen LogP contribution in [-0.2, 0) is 30.2 Å². The van der Waals surface area contributed by atoms with Crippen molar-refractivity contribution in [3.63, 3.8) is 0 Å². The van der Waals surface area contributed by atoms with E-state index in [1.54, 1.807) is 18.5 Å². The van der Waals surface area contributed by atoms with Gasteiger partial charge in [-0.1, -0.05) is 36.4 Å². The molecule has 0 bridgehead atoms. The first-order valence-corrected chi connectivity index (χ1v) is 10.1. The van der Waals surface area contributed by atoms with Crippen molar-refractivity contribution in [1.29, 1.82) is 0 Å². The molecule has 1 amide bonds. The maximum absolute atomic E-state index is 12.5. The average molecular weight is 481 g/mol. The Bertz CT molecular complexity index is 1090. The second kappa shape index (κ2) is 13.8. The summed E-state index contributed by atoms with van der Waals surface area (Å²) in [6, 6.07) is 23.1. The number of nitrogens with zero attached hydrogens (tertiary/aromatic N) is 6. The Kier molecular flexibility index (Phi) is 10.8. The molecule has 0 aliphatic heterocycles. The SMILES string of the molecule is O=C([N-]CCN(Cc1ccccn1)Cc1ccccn1)c1ccc2ccccc2n1.[Mn+3].[N-]=O. The predicted molar refractivity (Wildman–Crippen MR) is 124 cm³/mol. The first kappa shape index (κ1) is 25.7. The van der Waals surface area contributed by atoms with Crippen molar-refractivity contribution in [2.75, 3.05) is 13.1 Å². The van der Waals surface area contributed by atoms with E-state index in [2.05, 4.69) is 25.2 Å². The number of carbonyl (C=O) groups excluding carboxylic acids is 1. The van der Waals surface area contributed by atoms with E-state index >= 15 is 0 Å². The van der Waals surface area contributed by atoms with E-state index in [0.717, 1.165) is 22.3 Å². The Morgan fingerprint density at radius 1 is 0.818 bits per heavy atom. The van der Waals surface area contributed by atoms with Gasteiger partial charge in [0.2, 0.25) is 0 Å². The van der Waals surface area contributed by atoms with Crippen LogP contribution in [0.1, 0.15) is 21.9 Å². The summed E-state index contributed by atoms with van der Waals surface area (Å²) < 4.78 is 0. The summed E-state index contributed by atoms with van der Waals surface area (Å²) in [5.41, 5.74) is 8.85. The summed E-state index contributed by atoms with van der Waals surface area (Å²) in [5, 5.41) is 5.25. The number of amides is 1. The van der Waals surface area contributed by atoms with Crippen LogP contribution in [0, 0.1) is 4.91 Å². The summed E-state index contributed by atoms with van der Waals surface area (Å²) in [4.78, 5) is 35.2. The number of fused-ring (bicyclic) bond motifs is 1. The van der Waals surface area contributed by atoms with E-state index in [1.165, 1.54) is 0 Å². The van der Waals surface area contributed by atoms with Crippen LogP contribution in [0.15, 0.2) is 85.2 Å². The monoisotopic (exact) mass is 481 g/mol. The largest absolute Gasteiger partial charge is 3.00 e. The molecule has 33 heavy (non-hydrogen) atoms. The van der Waals surface area contributed by atoms with Crippen LogP contribution in [0.25, 0.3) is 21.8 Å². The zero-order valence-corrected chi connectivity index (χ0v) is 19.0. The van der Waals surface area contributed by atoms with Gasteiger partial charge in [0.05, 0.1) is 22.6 Å². The van der Waals surface area contributed by atoms with Gasteiger partial charge in [0.15, 0.2) is 0 Å². The van der Waals surface area contributed by atoms with Crippen LogP contribution in [0.4, 0.5) is 0 Å². The molecule has 3 heterocycles. The van der Waals surface area contributed by atoms with Gasteiger partial charge in [0, 0.05) is 30.9 Å². The standard InChI is InChI=1S/C24H23N5O.Mn.NO/c30-24(23-12-11-19-7-1-2-10-22(19)28-23)27-15-16-29(17-20-8-3-5-13-25-20)18-21-9-4-6-14-26-21;;1-2/h1-14H,15-18H2,(H,27,30);;/q;+3;-1/p-1. The summed E-state index contributed by atoms with van der Waals surface area (Å²) >= 11 is 0. The molecule has 1 aromatic carbocycles. The minimum atomic E-state index is -0.295. The molecule has 9 heteroatoms. The molecule has 0 saturated carbocycles. The zero-order valence-electron chi connectivity index (χ0n) is 17.8. The molecule has 0 aliphatic rings. The molecule has 8 nitrogen and oxygen atoms in total. The van der Waals surface area contributed by atoms with Crippen molar-refractivity contribution in [3.8, 4) is 0 Å². The van der Waals surface area contributed by atoms with E-state index in [1.807, 2.05) is 66.7 Å². The molecular formula is C24H22MnN6O2+. The molecule has 0 saturated heterocycles. The van der Waals surface area contributed by atoms with Gasteiger partial charge in [-0.3, -0.25) is 14.9 Å². The van der Waals surface area contributed by atoms with Gasteiger partial charge in [0.25, 0.3) is 0 Å². The minimum absolute atomic E-state index is 0. The molecule has 166 valence electrons.